The van der Waals surface area contributed by atoms with Gasteiger partial charge in [-0.15, -0.1) is 0 Å². The quantitative estimate of drug-likeness (QED) is 0.136. The van der Waals surface area contributed by atoms with Crippen molar-refractivity contribution in [3.05, 3.63) is 0 Å². The Labute approximate surface area is 278 Å². The smallest absolute Gasteiger partial charge is 0.136 e. The Hall–Kier alpha value is 0.920. The second-order valence-electron chi connectivity index (χ2n) is 8.38. The zero-order valence-corrected chi connectivity index (χ0v) is 31.6. The number of thioether (sulfide) groups is 4. The van der Waals surface area contributed by atoms with Gasteiger partial charge in [0.25, 0.3) is 0 Å². The first kappa shape index (κ1) is 39.9. The van der Waals surface area contributed by atoms with Crippen LogP contribution in [-0.2, 0) is 4.74 Å². The lowest BCUT2D eigenvalue weighted by atomic mass is 10.4. The molecule has 0 saturated carbocycles. The number of rotatable bonds is 18. The van der Waals surface area contributed by atoms with Gasteiger partial charge in [0, 0.05) is 75.4 Å². The number of hydrogen-bond donors (Lipinski definition) is 0. The highest BCUT2D eigenvalue weighted by Crippen LogP contribution is 2.23. The molecule has 39 heavy (non-hydrogen) atoms. The van der Waals surface area contributed by atoms with Crippen molar-refractivity contribution in [2.24, 2.45) is 0 Å². The molecule has 0 heterocycles. The SMILES string of the molecule is CCN(CC)C(=S)SCC(CSC(=S)N(CC)CC)OC(CSC(=S)N(CC)CC)CSC(=S)N(CC)CC. The third-order valence-corrected chi connectivity index (χ3v) is 12.7. The molecule has 0 atom stereocenters. The molecule has 0 spiro atoms. The van der Waals surface area contributed by atoms with E-state index in [4.69, 9.17) is 53.6 Å². The Balaban J connectivity index is 5.67. The molecule has 0 rings (SSSR count). The lowest BCUT2D eigenvalue weighted by Gasteiger charge is -2.29. The highest BCUT2D eigenvalue weighted by atomic mass is 32.2. The van der Waals surface area contributed by atoms with Crippen LogP contribution in [0.25, 0.3) is 0 Å². The van der Waals surface area contributed by atoms with Crippen LogP contribution < -0.4 is 0 Å². The monoisotopic (exact) mass is 690 g/mol. The fourth-order valence-corrected chi connectivity index (χ4v) is 9.49. The van der Waals surface area contributed by atoms with E-state index in [1.807, 2.05) is 0 Å². The van der Waals surface area contributed by atoms with Crippen LogP contribution in [-0.4, -0.2) is 124 Å². The van der Waals surface area contributed by atoms with E-state index in [0.29, 0.717) is 0 Å². The molecule has 0 N–H and O–H groups in total. The summed E-state index contributed by atoms with van der Waals surface area (Å²) in [7, 11) is 0. The van der Waals surface area contributed by atoms with Gasteiger partial charge in [-0.1, -0.05) is 95.9 Å². The van der Waals surface area contributed by atoms with E-state index in [0.717, 1.165) is 92.7 Å². The van der Waals surface area contributed by atoms with E-state index in [1.165, 1.54) is 0 Å². The van der Waals surface area contributed by atoms with Crippen molar-refractivity contribution in [3.63, 3.8) is 0 Å². The third-order valence-electron chi connectivity index (χ3n) is 6.04. The van der Waals surface area contributed by atoms with Gasteiger partial charge in [-0.25, -0.2) is 0 Å². The largest absolute Gasteiger partial charge is 0.371 e. The summed E-state index contributed by atoms with van der Waals surface area (Å²) in [4.78, 5) is 8.88. The summed E-state index contributed by atoms with van der Waals surface area (Å²) in [6, 6.07) is 0. The first-order valence-electron chi connectivity index (χ1n) is 14.0. The average Bonchev–Trinajstić information content (AvgIpc) is 2.93. The normalized spacial score (nSPS) is 11.1. The summed E-state index contributed by atoms with van der Waals surface area (Å²) in [5.74, 6) is 3.15. The molecule has 13 heteroatoms. The fraction of sp³-hybridized carbons (Fsp3) is 0.846. The van der Waals surface area contributed by atoms with Crippen LogP contribution in [0.1, 0.15) is 55.4 Å². The maximum absolute atomic E-state index is 6.84. The fourth-order valence-electron chi connectivity index (χ4n) is 3.47. The highest BCUT2D eigenvalue weighted by molar-refractivity contribution is 8.24. The van der Waals surface area contributed by atoms with Crippen LogP contribution in [0.2, 0.25) is 0 Å². The summed E-state index contributed by atoms with van der Waals surface area (Å²) < 4.78 is 10.6. The van der Waals surface area contributed by atoms with Gasteiger partial charge in [-0.3, -0.25) is 0 Å². The Kier molecular flexibility index (Phi) is 24.9. The number of ether oxygens (including phenoxy) is 1. The van der Waals surface area contributed by atoms with E-state index in [9.17, 15) is 0 Å². The van der Waals surface area contributed by atoms with Gasteiger partial charge >= 0.3 is 0 Å². The zero-order chi connectivity index (χ0) is 29.8. The summed E-state index contributed by atoms with van der Waals surface area (Å²) in [6.45, 7) is 24.5. The maximum atomic E-state index is 6.84. The molecule has 5 nitrogen and oxygen atoms in total. The number of hydrogen-bond acceptors (Lipinski definition) is 9. The molecule has 228 valence electrons. The lowest BCUT2D eigenvalue weighted by Crippen LogP contribution is -2.35. The van der Waals surface area contributed by atoms with Gasteiger partial charge < -0.3 is 24.3 Å². The minimum absolute atomic E-state index is 0.00252. The molecule has 0 aliphatic rings. The van der Waals surface area contributed by atoms with E-state index in [2.05, 4.69) is 75.0 Å². The molecule has 0 aromatic carbocycles. The van der Waals surface area contributed by atoms with Crippen molar-refractivity contribution >= 4 is 113 Å². The van der Waals surface area contributed by atoms with E-state index < -0.39 is 0 Å². The van der Waals surface area contributed by atoms with Crippen LogP contribution in [0.4, 0.5) is 0 Å². The Morgan fingerprint density at radius 3 is 0.769 bits per heavy atom. The van der Waals surface area contributed by atoms with Crippen LogP contribution in [0.3, 0.4) is 0 Å². The molecule has 0 amide bonds. The van der Waals surface area contributed by atoms with Crippen LogP contribution in [0.15, 0.2) is 0 Å². The molecule has 0 unspecified atom stereocenters. The van der Waals surface area contributed by atoms with Crippen molar-refractivity contribution in [1.29, 1.82) is 0 Å². The number of thiocarbonyl (C=S) groups is 4. The standard InChI is InChI=1S/C26H50N4OS8/c1-9-27(10-2)23(32)36-17-21(18-37-24(33)28(11-3)12-4)31-22(19-38-25(34)29(13-5)14-6)20-39-26(35)30(15-7)16-8/h21-22H,9-20H2,1-8H3. The summed E-state index contributed by atoms with van der Waals surface area (Å²) in [5.41, 5.74) is 0. The van der Waals surface area contributed by atoms with Crippen molar-refractivity contribution < 1.29 is 4.74 Å². The third kappa shape index (κ3) is 16.4. The van der Waals surface area contributed by atoms with Crippen LogP contribution >= 0.6 is 95.9 Å². The highest BCUT2D eigenvalue weighted by Gasteiger charge is 2.23. The molecular formula is C26H50N4OS8. The summed E-state index contributed by atoms with van der Waals surface area (Å²) in [5, 5.41) is 0. The van der Waals surface area contributed by atoms with Crippen LogP contribution in [0.5, 0.6) is 0 Å². The predicted octanol–water partition coefficient (Wildman–Crippen LogP) is 7.18. The van der Waals surface area contributed by atoms with Crippen molar-refractivity contribution in [3.8, 4) is 0 Å². The molecule has 0 aromatic rings. The molecule has 0 fully saturated rings. The van der Waals surface area contributed by atoms with Gasteiger partial charge in [-0.2, -0.15) is 0 Å². The second kappa shape index (κ2) is 24.4. The van der Waals surface area contributed by atoms with Crippen LogP contribution in [0, 0.1) is 0 Å². The molecular weight excluding hydrogens is 641 g/mol. The van der Waals surface area contributed by atoms with Gasteiger partial charge in [0.05, 0.1) is 12.2 Å². The maximum Gasteiger partial charge on any atom is 0.136 e. The molecule has 0 saturated heterocycles. The minimum Gasteiger partial charge on any atom is -0.371 e. The first-order valence-corrected chi connectivity index (χ1v) is 19.5. The predicted molar refractivity (Wildman–Crippen MR) is 201 cm³/mol. The average molecular weight is 691 g/mol. The van der Waals surface area contributed by atoms with E-state index >= 15 is 0 Å². The van der Waals surface area contributed by atoms with Gasteiger partial charge in [0.2, 0.25) is 0 Å². The lowest BCUT2D eigenvalue weighted by molar-refractivity contribution is 0.0412. The van der Waals surface area contributed by atoms with Crippen molar-refractivity contribution in [1.82, 2.24) is 19.6 Å². The number of nitrogens with zero attached hydrogens (tertiary/aromatic N) is 4. The zero-order valence-electron chi connectivity index (χ0n) is 25.1. The second-order valence-corrected chi connectivity index (χ2v) is 15.0. The van der Waals surface area contributed by atoms with Gasteiger partial charge in [0.1, 0.15) is 17.3 Å². The Bertz CT molecular complexity index is 600. The van der Waals surface area contributed by atoms with Gasteiger partial charge in [-0.05, 0) is 55.4 Å². The molecule has 0 aliphatic heterocycles. The van der Waals surface area contributed by atoms with E-state index in [1.54, 1.807) is 47.0 Å². The Morgan fingerprint density at radius 2 is 0.615 bits per heavy atom. The van der Waals surface area contributed by atoms with Crippen molar-refractivity contribution in [2.75, 3.05) is 75.4 Å². The molecule has 0 aromatic heterocycles. The first-order chi connectivity index (χ1) is 18.6. The molecule has 0 aliphatic carbocycles. The summed E-state index contributed by atoms with van der Waals surface area (Å²) in [6.07, 6.45) is -0.00505. The molecule has 0 bridgehead atoms. The van der Waals surface area contributed by atoms with Gasteiger partial charge in [0.15, 0.2) is 0 Å². The van der Waals surface area contributed by atoms with E-state index in [-0.39, 0.29) is 12.2 Å². The molecule has 0 radical (unpaired) electrons. The summed E-state index contributed by atoms with van der Waals surface area (Å²) >= 11 is 29.8. The van der Waals surface area contributed by atoms with Crippen molar-refractivity contribution in [2.45, 2.75) is 67.6 Å². The topological polar surface area (TPSA) is 22.2 Å². The Morgan fingerprint density at radius 1 is 0.436 bits per heavy atom. The minimum atomic E-state index is -0.00252.